The molecule has 150 valence electrons. The van der Waals surface area contributed by atoms with Crippen molar-refractivity contribution in [2.24, 2.45) is 0 Å². The lowest BCUT2D eigenvalue weighted by Crippen LogP contribution is -2.36. The van der Waals surface area contributed by atoms with Crippen molar-refractivity contribution in [1.29, 1.82) is 0 Å². The largest absolute Gasteiger partial charge is 0.490 e. The van der Waals surface area contributed by atoms with Gasteiger partial charge in [0.1, 0.15) is 0 Å². The molecule has 0 spiro atoms. The highest BCUT2D eigenvalue weighted by molar-refractivity contribution is 6.32. The molecule has 1 aliphatic rings. The number of benzene rings is 1. The van der Waals surface area contributed by atoms with Gasteiger partial charge in [0.25, 0.3) is 5.91 Å². The zero-order chi connectivity index (χ0) is 19.8. The summed E-state index contributed by atoms with van der Waals surface area (Å²) in [6.45, 7) is 8.87. The second-order valence-electron chi connectivity index (χ2n) is 6.57. The minimum atomic E-state index is -0.108. The fraction of sp³-hybridized carbons (Fsp3) is 0.600. The first-order valence-electron chi connectivity index (χ1n) is 9.61. The molecule has 27 heavy (non-hydrogen) atoms. The molecule has 0 radical (unpaired) electrons. The van der Waals surface area contributed by atoms with Gasteiger partial charge in [-0.1, -0.05) is 24.9 Å². The quantitative estimate of drug-likeness (QED) is 0.660. The second kappa shape index (κ2) is 10.4. The molecule has 1 aliphatic heterocycles. The van der Waals surface area contributed by atoms with Crippen LogP contribution in [0.1, 0.15) is 50.4 Å². The molecule has 1 saturated heterocycles. The van der Waals surface area contributed by atoms with Crippen LogP contribution in [-0.2, 0) is 4.79 Å². The number of nitrogens with zero attached hydrogens (tertiary/aromatic N) is 2. The van der Waals surface area contributed by atoms with Gasteiger partial charge >= 0.3 is 0 Å². The van der Waals surface area contributed by atoms with Gasteiger partial charge in [0.2, 0.25) is 5.91 Å². The molecule has 6 nitrogen and oxygen atoms in total. The molecule has 0 aliphatic carbocycles. The average Bonchev–Trinajstić information content (AvgIpc) is 2.89. The maximum Gasteiger partial charge on any atom is 0.254 e. The Morgan fingerprint density at radius 2 is 1.78 bits per heavy atom. The van der Waals surface area contributed by atoms with E-state index in [1.54, 1.807) is 28.9 Å². The first-order chi connectivity index (χ1) is 13.0. The third-order valence-electron chi connectivity index (χ3n) is 4.53. The summed E-state index contributed by atoms with van der Waals surface area (Å²) < 4.78 is 11.4. The predicted octanol–water partition coefficient (Wildman–Crippen LogP) is 3.61. The lowest BCUT2D eigenvalue weighted by Gasteiger charge is -2.22. The van der Waals surface area contributed by atoms with Crippen LogP contribution in [0.4, 0.5) is 0 Å². The Balaban J connectivity index is 2.19. The molecule has 7 heteroatoms. The van der Waals surface area contributed by atoms with Gasteiger partial charge in [0.15, 0.2) is 11.5 Å². The van der Waals surface area contributed by atoms with Crippen LogP contribution in [-0.4, -0.2) is 61.0 Å². The Hall–Kier alpha value is -1.95. The van der Waals surface area contributed by atoms with E-state index in [9.17, 15) is 9.59 Å². The third kappa shape index (κ3) is 5.76. The van der Waals surface area contributed by atoms with Gasteiger partial charge in [-0.3, -0.25) is 9.59 Å². The monoisotopic (exact) mass is 396 g/mol. The summed E-state index contributed by atoms with van der Waals surface area (Å²) in [6.07, 6.45) is 2.70. The van der Waals surface area contributed by atoms with E-state index in [-0.39, 0.29) is 11.8 Å². The fourth-order valence-electron chi connectivity index (χ4n) is 3.03. The van der Waals surface area contributed by atoms with Crippen LogP contribution in [0.15, 0.2) is 12.1 Å². The first-order valence-corrected chi connectivity index (χ1v) is 9.99. The molecule has 2 amide bonds. The maximum atomic E-state index is 13.0. The van der Waals surface area contributed by atoms with Crippen LogP contribution in [0.5, 0.6) is 11.5 Å². The van der Waals surface area contributed by atoms with Crippen LogP contribution in [0, 0.1) is 0 Å². The smallest absolute Gasteiger partial charge is 0.254 e. The average molecular weight is 397 g/mol. The number of hydrogen-bond acceptors (Lipinski definition) is 4. The Kier molecular flexibility index (Phi) is 8.23. The molecule has 2 rings (SSSR count). The summed E-state index contributed by atoms with van der Waals surface area (Å²) in [7, 11) is 0. The van der Waals surface area contributed by atoms with E-state index in [0.29, 0.717) is 61.5 Å². The Morgan fingerprint density at radius 1 is 1.07 bits per heavy atom. The van der Waals surface area contributed by atoms with Gasteiger partial charge in [-0.2, -0.15) is 0 Å². The van der Waals surface area contributed by atoms with Crippen molar-refractivity contribution in [1.82, 2.24) is 9.80 Å². The van der Waals surface area contributed by atoms with E-state index in [0.717, 1.165) is 19.3 Å². The normalized spacial score (nSPS) is 14.7. The van der Waals surface area contributed by atoms with E-state index in [2.05, 4.69) is 6.92 Å². The molecular weight excluding hydrogens is 368 g/mol. The van der Waals surface area contributed by atoms with Crippen molar-refractivity contribution in [2.75, 3.05) is 39.4 Å². The van der Waals surface area contributed by atoms with Crippen molar-refractivity contribution in [3.8, 4) is 11.5 Å². The van der Waals surface area contributed by atoms with E-state index in [1.807, 2.05) is 6.92 Å². The van der Waals surface area contributed by atoms with Gasteiger partial charge in [-0.25, -0.2) is 0 Å². The highest BCUT2D eigenvalue weighted by Gasteiger charge is 2.23. The van der Waals surface area contributed by atoms with Gasteiger partial charge in [-0.05, 0) is 31.9 Å². The van der Waals surface area contributed by atoms with Crippen LogP contribution >= 0.6 is 11.6 Å². The van der Waals surface area contributed by atoms with Crippen molar-refractivity contribution < 1.29 is 19.1 Å². The van der Waals surface area contributed by atoms with Gasteiger partial charge in [0, 0.05) is 38.7 Å². The SMILES string of the molecule is CCCCOc1c(Cl)cc(C(=O)N2CCCN(C(C)=O)CC2)cc1OCC. The Bertz CT molecular complexity index is 666. The molecule has 1 heterocycles. The zero-order valence-electron chi connectivity index (χ0n) is 16.4. The lowest BCUT2D eigenvalue weighted by molar-refractivity contribution is -0.128. The van der Waals surface area contributed by atoms with E-state index >= 15 is 0 Å². The number of ether oxygens (including phenoxy) is 2. The summed E-state index contributed by atoms with van der Waals surface area (Å²) in [5.41, 5.74) is 0.475. The number of hydrogen-bond donors (Lipinski definition) is 0. The summed E-state index contributed by atoms with van der Waals surface area (Å²) in [5.74, 6) is 0.912. The summed E-state index contributed by atoms with van der Waals surface area (Å²) in [5, 5.41) is 0.376. The predicted molar refractivity (Wildman–Crippen MR) is 106 cm³/mol. The molecular formula is C20H29ClN2O4. The van der Waals surface area contributed by atoms with Crippen molar-refractivity contribution in [3.05, 3.63) is 22.7 Å². The highest BCUT2D eigenvalue weighted by atomic mass is 35.5. The molecule has 1 aromatic carbocycles. The van der Waals surface area contributed by atoms with Crippen molar-refractivity contribution in [3.63, 3.8) is 0 Å². The third-order valence-corrected chi connectivity index (χ3v) is 4.81. The minimum absolute atomic E-state index is 0.0413. The number of unbranched alkanes of at least 4 members (excludes halogenated alkanes) is 1. The molecule has 0 bridgehead atoms. The molecule has 0 atom stereocenters. The number of halogens is 1. The van der Waals surface area contributed by atoms with Gasteiger partial charge in [-0.15, -0.1) is 0 Å². The Morgan fingerprint density at radius 3 is 2.44 bits per heavy atom. The van der Waals surface area contributed by atoms with E-state index < -0.39 is 0 Å². The fourth-order valence-corrected chi connectivity index (χ4v) is 3.30. The van der Waals surface area contributed by atoms with Gasteiger partial charge in [0.05, 0.1) is 18.2 Å². The highest BCUT2D eigenvalue weighted by Crippen LogP contribution is 2.37. The van der Waals surface area contributed by atoms with Gasteiger partial charge < -0.3 is 19.3 Å². The molecule has 1 fully saturated rings. The first kappa shape index (κ1) is 21.4. The van der Waals surface area contributed by atoms with Crippen LogP contribution in [0.2, 0.25) is 5.02 Å². The molecule has 0 unspecified atom stereocenters. The number of carbonyl (C=O) groups is 2. The summed E-state index contributed by atoms with van der Waals surface area (Å²) in [6, 6.07) is 3.34. The molecule has 0 saturated carbocycles. The van der Waals surface area contributed by atoms with Crippen molar-refractivity contribution >= 4 is 23.4 Å². The van der Waals surface area contributed by atoms with Crippen LogP contribution in [0.25, 0.3) is 0 Å². The van der Waals surface area contributed by atoms with E-state index in [4.69, 9.17) is 21.1 Å². The van der Waals surface area contributed by atoms with Crippen molar-refractivity contribution in [2.45, 2.75) is 40.0 Å². The number of amides is 2. The molecule has 1 aromatic rings. The Labute approximate surface area is 166 Å². The minimum Gasteiger partial charge on any atom is -0.490 e. The standard InChI is InChI=1S/C20H29ClN2O4/c1-4-6-12-27-19-17(21)13-16(14-18(19)26-5-2)20(25)23-9-7-8-22(10-11-23)15(3)24/h13-14H,4-12H2,1-3H3. The zero-order valence-corrected chi connectivity index (χ0v) is 17.2. The summed E-state index contributed by atoms with van der Waals surface area (Å²) in [4.78, 5) is 28.1. The molecule has 0 aromatic heterocycles. The van der Waals surface area contributed by atoms with Crippen LogP contribution < -0.4 is 9.47 Å². The molecule has 0 N–H and O–H groups in total. The van der Waals surface area contributed by atoms with Crippen LogP contribution in [0.3, 0.4) is 0 Å². The number of carbonyl (C=O) groups excluding carboxylic acids is 2. The topological polar surface area (TPSA) is 59.1 Å². The summed E-state index contributed by atoms with van der Waals surface area (Å²) >= 11 is 6.40. The maximum absolute atomic E-state index is 13.0. The second-order valence-corrected chi connectivity index (χ2v) is 6.98. The lowest BCUT2D eigenvalue weighted by atomic mass is 10.1. The van der Waals surface area contributed by atoms with E-state index in [1.165, 1.54) is 0 Å². The number of rotatable bonds is 7.